The minimum Gasteiger partial charge on any atom is -0.369 e. The van der Waals surface area contributed by atoms with Gasteiger partial charge in [0.2, 0.25) is 0 Å². The number of piperazine rings is 1. The number of hydrogen-bond acceptors (Lipinski definition) is 3. The molecule has 2 fully saturated rings. The van der Waals surface area contributed by atoms with Gasteiger partial charge in [-0.15, -0.1) is 0 Å². The van der Waals surface area contributed by atoms with Crippen LogP contribution in [0.4, 0.5) is 5.69 Å². The zero-order valence-corrected chi connectivity index (χ0v) is 17.6. The number of aryl methyl sites for hydroxylation is 2. The van der Waals surface area contributed by atoms with E-state index in [2.05, 4.69) is 77.1 Å². The van der Waals surface area contributed by atoms with E-state index in [0.29, 0.717) is 0 Å². The molecule has 28 heavy (non-hydrogen) atoms. The summed E-state index contributed by atoms with van der Waals surface area (Å²) in [6, 6.07) is 18.5. The van der Waals surface area contributed by atoms with E-state index < -0.39 is 0 Å². The van der Waals surface area contributed by atoms with Gasteiger partial charge in [0.15, 0.2) is 0 Å². The van der Waals surface area contributed by atoms with E-state index in [1.165, 1.54) is 87.5 Å². The number of nitrogens with zero attached hydrogens (tertiary/aromatic N) is 3. The predicted octanol–water partition coefficient (Wildman–Crippen LogP) is 4.13. The lowest BCUT2D eigenvalue weighted by atomic mass is 10.0. The van der Waals surface area contributed by atoms with Crippen molar-refractivity contribution in [2.45, 2.75) is 39.2 Å². The minimum atomic E-state index is 0.786. The number of benzene rings is 2. The van der Waals surface area contributed by atoms with Crippen LogP contribution in [0.15, 0.2) is 48.5 Å². The molecule has 2 aromatic rings. The Labute approximate surface area is 171 Å². The summed E-state index contributed by atoms with van der Waals surface area (Å²) in [5.74, 6) is 0. The van der Waals surface area contributed by atoms with E-state index in [0.717, 1.165) is 6.04 Å². The second-order valence-electron chi connectivity index (χ2n) is 8.62. The van der Waals surface area contributed by atoms with E-state index in [-0.39, 0.29) is 0 Å². The first-order valence-corrected chi connectivity index (χ1v) is 11.0. The second kappa shape index (κ2) is 9.11. The molecule has 0 spiro atoms. The summed E-state index contributed by atoms with van der Waals surface area (Å²) in [4.78, 5) is 8.01. The molecule has 0 amide bonds. The van der Waals surface area contributed by atoms with Crippen LogP contribution in [0.2, 0.25) is 0 Å². The monoisotopic (exact) mass is 377 g/mol. The molecule has 0 N–H and O–H groups in total. The van der Waals surface area contributed by atoms with Gasteiger partial charge in [0, 0.05) is 44.5 Å². The van der Waals surface area contributed by atoms with Crippen molar-refractivity contribution in [1.29, 1.82) is 0 Å². The third kappa shape index (κ3) is 4.76. The first kappa shape index (κ1) is 19.5. The van der Waals surface area contributed by atoms with Crippen molar-refractivity contribution in [3.05, 3.63) is 65.2 Å². The zero-order valence-electron chi connectivity index (χ0n) is 17.6. The third-order valence-electron chi connectivity index (χ3n) is 6.65. The molecule has 0 bridgehead atoms. The Balaban J connectivity index is 1.22. The predicted molar refractivity (Wildman–Crippen MR) is 119 cm³/mol. The maximum atomic E-state index is 2.76. The minimum absolute atomic E-state index is 0.786. The molecule has 2 aliphatic rings. The normalized spacial score (nSPS) is 19.9. The lowest BCUT2D eigenvalue weighted by molar-refractivity contribution is 0.104. The highest BCUT2D eigenvalue weighted by atomic mass is 15.3. The van der Waals surface area contributed by atoms with E-state index >= 15 is 0 Å². The average Bonchev–Trinajstić information content (AvgIpc) is 2.75. The molecule has 3 nitrogen and oxygen atoms in total. The summed E-state index contributed by atoms with van der Waals surface area (Å²) in [7, 11) is 0. The van der Waals surface area contributed by atoms with Crippen molar-refractivity contribution in [1.82, 2.24) is 9.80 Å². The first-order valence-electron chi connectivity index (χ1n) is 11.0. The van der Waals surface area contributed by atoms with Gasteiger partial charge in [-0.2, -0.15) is 0 Å². The molecule has 150 valence electrons. The molecule has 2 heterocycles. The van der Waals surface area contributed by atoms with Gasteiger partial charge in [-0.3, -0.25) is 4.90 Å². The topological polar surface area (TPSA) is 9.72 Å². The largest absolute Gasteiger partial charge is 0.369 e. The molecule has 0 aromatic heterocycles. The van der Waals surface area contributed by atoms with Crippen LogP contribution in [0.3, 0.4) is 0 Å². The first-order chi connectivity index (χ1) is 13.7. The summed E-state index contributed by atoms with van der Waals surface area (Å²) in [6.07, 6.45) is 3.84. The Morgan fingerprint density at radius 1 is 0.821 bits per heavy atom. The van der Waals surface area contributed by atoms with E-state index in [4.69, 9.17) is 0 Å². The van der Waals surface area contributed by atoms with Crippen LogP contribution in [0, 0.1) is 13.8 Å². The van der Waals surface area contributed by atoms with Gasteiger partial charge in [0.05, 0.1) is 0 Å². The van der Waals surface area contributed by atoms with Crippen LogP contribution >= 0.6 is 0 Å². The second-order valence-corrected chi connectivity index (χ2v) is 8.62. The van der Waals surface area contributed by atoms with Crippen molar-refractivity contribution >= 4 is 5.69 Å². The van der Waals surface area contributed by atoms with Crippen molar-refractivity contribution in [3.63, 3.8) is 0 Å². The Morgan fingerprint density at radius 3 is 2.25 bits per heavy atom. The third-order valence-corrected chi connectivity index (χ3v) is 6.65. The summed E-state index contributed by atoms with van der Waals surface area (Å²) >= 11 is 0. The molecule has 0 aliphatic carbocycles. The maximum Gasteiger partial charge on any atom is 0.0399 e. The number of rotatable bonds is 5. The Morgan fingerprint density at radius 2 is 1.54 bits per heavy atom. The molecule has 2 aromatic carbocycles. The van der Waals surface area contributed by atoms with Crippen molar-refractivity contribution in [3.8, 4) is 0 Å². The van der Waals surface area contributed by atoms with Crippen molar-refractivity contribution < 1.29 is 0 Å². The van der Waals surface area contributed by atoms with Gasteiger partial charge < -0.3 is 9.80 Å². The fraction of sp³-hybridized carbons (Fsp3) is 0.520. The smallest absolute Gasteiger partial charge is 0.0399 e. The number of likely N-dealkylation sites (tertiary alicyclic amines) is 1. The molecule has 3 heteroatoms. The Kier molecular flexibility index (Phi) is 6.33. The molecule has 0 atom stereocenters. The van der Waals surface area contributed by atoms with Crippen LogP contribution in [0.5, 0.6) is 0 Å². The molecule has 0 unspecified atom stereocenters. The molecule has 0 radical (unpaired) electrons. The van der Waals surface area contributed by atoms with Crippen LogP contribution in [0.1, 0.15) is 29.5 Å². The number of hydrogen-bond donors (Lipinski definition) is 0. The highest BCUT2D eigenvalue weighted by Crippen LogP contribution is 2.25. The van der Waals surface area contributed by atoms with Crippen LogP contribution < -0.4 is 4.90 Å². The summed E-state index contributed by atoms with van der Waals surface area (Å²) in [5, 5.41) is 0. The van der Waals surface area contributed by atoms with E-state index in [9.17, 15) is 0 Å². The molecule has 4 rings (SSSR count). The molecular formula is C25H35N3. The fourth-order valence-corrected chi connectivity index (χ4v) is 4.83. The molecule has 2 saturated heterocycles. The number of anilines is 1. The summed E-state index contributed by atoms with van der Waals surface area (Å²) in [6.45, 7) is 12.9. The van der Waals surface area contributed by atoms with Crippen LogP contribution in [-0.4, -0.2) is 61.7 Å². The average molecular weight is 378 g/mol. The standard InChI is InChI=1S/C25H35N3/c1-21-8-9-22(2)25(20-21)28-18-16-27(17-19-28)24-11-14-26(15-12-24)13-10-23-6-4-3-5-7-23/h3-9,20,24H,10-19H2,1-2H3. The van der Waals surface area contributed by atoms with Gasteiger partial charge in [-0.1, -0.05) is 42.5 Å². The Bertz CT molecular complexity index is 742. The summed E-state index contributed by atoms with van der Waals surface area (Å²) < 4.78 is 0. The van der Waals surface area contributed by atoms with E-state index in [1.54, 1.807) is 0 Å². The molecule has 2 aliphatic heterocycles. The van der Waals surface area contributed by atoms with Gasteiger partial charge in [0.25, 0.3) is 0 Å². The lowest BCUT2D eigenvalue weighted by Gasteiger charge is -2.43. The molecular weight excluding hydrogens is 342 g/mol. The van der Waals surface area contributed by atoms with Crippen LogP contribution in [-0.2, 0) is 6.42 Å². The highest BCUT2D eigenvalue weighted by Gasteiger charge is 2.27. The highest BCUT2D eigenvalue weighted by molar-refractivity contribution is 5.55. The Hall–Kier alpha value is -1.84. The maximum absolute atomic E-state index is 2.76. The summed E-state index contributed by atoms with van der Waals surface area (Å²) in [5.41, 5.74) is 5.68. The van der Waals surface area contributed by atoms with Crippen molar-refractivity contribution in [2.24, 2.45) is 0 Å². The zero-order chi connectivity index (χ0) is 19.3. The van der Waals surface area contributed by atoms with E-state index in [1.807, 2.05) is 0 Å². The van der Waals surface area contributed by atoms with Gasteiger partial charge in [-0.25, -0.2) is 0 Å². The van der Waals surface area contributed by atoms with Crippen LogP contribution in [0.25, 0.3) is 0 Å². The lowest BCUT2D eigenvalue weighted by Crippen LogP contribution is -2.53. The van der Waals surface area contributed by atoms with Gasteiger partial charge in [-0.05, 0) is 69.0 Å². The SMILES string of the molecule is Cc1ccc(C)c(N2CCN(C3CCN(CCc4ccccc4)CC3)CC2)c1. The van der Waals surface area contributed by atoms with Gasteiger partial charge >= 0.3 is 0 Å². The quantitative estimate of drug-likeness (QED) is 0.776. The van der Waals surface area contributed by atoms with Crippen molar-refractivity contribution in [2.75, 3.05) is 50.7 Å². The number of piperidine rings is 1. The molecule has 0 saturated carbocycles. The van der Waals surface area contributed by atoms with Gasteiger partial charge in [0.1, 0.15) is 0 Å². The fourth-order valence-electron chi connectivity index (χ4n) is 4.83.